The first-order valence-electron chi connectivity index (χ1n) is 5.09. The van der Waals surface area contributed by atoms with E-state index in [1.165, 1.54) is 22.9 Å². The predicted octanol–water partition coefficient (Wildman–Crippen LogP) is 3.86. The van der Waals surface area contributed by atoms with Gasteiger partial charge in [0, 0.05) is 11.6 Å². The molecule has 0 atom stereocenters. The molecule has 0 bridgehead atoms. The van der Waals surface area contributed by atoms with E-state index in [2.05, 4.69) is 34.1 Å². The van der Waals surface area contributed by atoms with Crippen molar-refractivity contribution in [3.63, 3.8) is 0 Å². The summed E-state index contributed by atoms with van der Waals surface area (Å²) in [6.07, 6.45) is 4.84. The Morgan fingerprint density at radius 1 is 1.21 bits per heavy atom. The Morgan fingerprint density at radius 2 is 1.86 bits per heavy atom. The second kappa shape index (κ2) is 4.03. The molecule has 0 aromatic heterocycles. The minimum atomic E-state index is -0.0277. The smallest absolute Gasteiger partial charge is 0.0938 e. The summed E-state index contributed by atoms with van der Waals surface area (Å²) in [5, 5.41) is 0. The SMILES string of the molecule is COC1(c2ccccc2Br)CCCC1. The van der Waals surface area contributed by atoms with E-state index >= 15 is 0 Å². The van der Waals surface area contributed by atoms with Gasteiger partial charge in [0.1, 0.15) is 0 Å². The molecule has 14 heavy (non-hydrogen) atoms. The highest BCUT2D eigenvalue weighted by Crippen LogP contribution is 2.44. The Balaban J connectivity index is 2.41. The molecule has 0 aliphatic heterocycles. The molecule has 0 saturated heterocycles. The van der Waals surface area contributed by atoms with E-state index in [1.807, 2.05) is 13.2 Å². The van der Waals surface area contributed by atoms with E-state index in [4.69, 9.17) is 4.74 Å². The summed E-state index contributed by atoms with van der Waals surface area (Å²) in [4.78, 5) is 0. The number of halogens is 1. The molecule has 1 aliphatic carbocycles. The molecule has 0 unspecified atom stereocenters. The second-order valence-corrected chi connectivity index (χ2v) is 4.74. The highest BCUT2D eigenvalue weighted by molar-refractivity contribution is 9.10. The first kappa shape index (κ1) is 10.2. The zero-order valence-corrected chi connectivity index (χ0v) is 10.0. The maximum Gasteiger partial charge on any atom is 0.0938 e. The van der Waals surface area contributed by atoms with Gasteiger partial charge in [0.05, 0.1) is 5.60 Å². The highest BCUT2D eigenvalue weighted by Gasteiger charge is 2.36. The van der Waals surface area contributed by atoms with Crippen LogP contribution in [-0.2, 0) is 10.3 Å². The summed E-state index contributed by atoms with van der Waals surface area (Å²) < 4.78 is 6.91. The van der Waals surface area contributed by atoms with Crippen molar-refractivity contribution in [3.05, 3.63) is 34.3 Å². The monoisotopic (exact) mass is 254 g/mol. The van der Waals surface area contributed by atoms with Gasteiger partial charge in [0.25, 0.3) is 0 Å². The Labute approximate surface area is 93.6 Å². The molecular weight excluding hydrogens is 240 g/mol. The van der Waals surface area contributed by atoms with Crippen LogP contribution in [0.25, 0.3) is 0 Å². The Kier molecular flexibility index (Phi) is 2.93. The van der Waals surface area contributed by atoms with Crippen LogP contribution in [0.3, 0.4) is 0 Å². The summed E-state index contributed by atoms with van der Waals surface area (Å²) in [6, 6.07) is 8.39. The number of hydrogen-bond donors (Lipinski definition) is 0. The molecule has 0 heterocycles. The second-order valence-electron chi connectivity index (χ2n) is 3.89. The van der Waals surface area contributed by atoms with Gasteiger partial charge in [-0.05, 0) is 24.5 Å². The third kappa shape index (κ3) is 1.61. The maximum atomic E-state index is 5.74. The van der Waals surface area contributed by atoms with Gasteiger partial charge in [-0.25, -0.2) is 0 Å². The van der Waals surface area contributed by atoms with Crippen molar-refractivity contribution in [1.82, 2.24) is 0 Å². The fourth-order valence-corrected chi connectivity index (χ4v) is 3.01. The van der Waals surface area contributed by atoms with E-state index in [1.54, 1.807) is 0 Å². The summed E-state index contributed by atoms with van der Waals surface area (Å²) in [7, 11) is 1.82. The molecule has 1 aliphatic rings. The average Bonchev–Trinajstić information content (AvgIpc) is 2.68. The lowest BCUT2D eigenvalue weighted by Crippen LogP contribution is -2.24. The van der Waals surface area contributed by atoms with Crippen LogP contribution in [0.1, 0.15) is 31.2 Å². The quantitative estimate of drug-likeness (QED) is 0.779. The zero-order valence-electron chi connectivity index (χ0n) is 8.42. The van der Waals surface area contributed by atoms with Crippen LogP contribution in [0.2, 0.25) is 0 Å². The van der Waals surface area contributed by atoms with Gasteiger partial charge in [-0.2, -0.15) is 0 Å². The third-order valence-electron chi connectivity index (χ3n) is 3.17. The molecule has 0 N–H and O–H groups in total. The van der Waals surface area contributed by atoms with E-state index in [0.717, 1.165) is 12.8 Å². The van der Waals surface area contributed by atoms with Crippen molar-refractivity contribution in [3.8, 4) is 0 Å². The lowest BCUT2D eigenvalue weighted by Gasteiger charge is -2.29. The van der Waals surface area contributed by atoms with Crippen molar-refractivity contribution in [1.29, 1.82) is 0 Å². The Morgan fingerprint density at radius 3 is 2.43 bits per heavy atom. The predicted molar refractivity (Wildman–Crippen MR) is 61.3 cm³/mol. The standard InChI is InChI=1S/C12H15BrO/c1-14-12(8-4-5-9-12)10-6-2-3-7-11(10)13/h2-3,6-7H,4-5,8-9H2,1H3. The van der Waals surface area contributed by atoms with Gasteiger partial charge in [-0.1, -0.05) is 47.0 Å². The van der Waals surface area contributed by atoms with Gasteiger partial charge in [0.15, 0.2) is 0 Å². The molecule has 0 radical (unpaired) electrons. The maximum absolute atomic E-state index is 5.74. The van der Waals surface area contributed by atoms with Crippen molar-refractivity contribution in [2.75, 3.05) is 7.11 Å². The first-order chi connectivity index (χ1) is 6.78. The van der Waals surface area contributed by atoms with Crippen LogP contribution in [0.4, 0.5) is 0 Å². The summed E-state index contributed by atoms with van der Waals surface area (Å²) in [5.74, 6) is 0. The lowest BCUT2D eigenvalue weighted by atomic mass is 9.92. The lowest BCUT2D eigenvalue weighted by molar-refractivity contribution is -0.00929. The van der Waals surface area contributed by atoms with Crippen LogP contribution in [0, 0.1) is 0 Å². The fourth-order valence-electron chi connectivity index (χ4n) is 2.36. The van der Waals surface area contributed by atoms with Crippen LogP contribution < -0.4 is 0 Å². The Hall–Kier alpha value is -0.340. The number of benzene rings is 1. The first-order valence-corrected chi connectivity index (χ1v) is 5.88. The number of methoxy groups -OCH3 is 1. The summed E-state index contributed by atoms with van der Waals surface area (Å²) >= 11 is 3.60. The highest BCUT2D eigenvalue weighted by atomic mass is 79.9. The molecule has 76 valence electrons. The summed E-state index contributed by atoms with van der Waals surface area (Å²) in [6.45, 7) is 0. The van der Waals surface area contributed by atoms with Crippen molar-refractivity contribution < 1.29 is 4.74 Å². The molecular formula is C12H15BrO. The minimum Gasteiger partial charge on any atom is -0.373 e. The van der Waals surface area contributed by atoms with Gasteiger partial charge >= 0.3 is 0 Å². The molecule has 0 amide bonds. The van der Waals surface area contributed by atoms with Crippen LogP contribution >= 0.6 is 15.9 Å². The molecule has 1 aromatic carbocycles. The molecule has 2 rings (SSSR count). The Bertz CT molecular complexity index is 316. The van der Waals surface area contributed by atoms with Gasteiger partial charge in [0.2, 0.25) is 0 Å². The van der Waals surface area contributed by atoms with E-state index < -0.39 is 0 Å². The van der Waals surface area contributed by atoms with Crippen LogP contribution in [-0.4, -0.2) is 7.11 Å². The zero-order chi connectivity index (χ0) is 10.0. The number of hydrogen-bond acceptors (Lipinski definition) is 1. The molecule has 2 heteroatoms. The fraction of sp³-hybridized carbons (Fsp3) is 0.500. The van der Waals surface area contributed by atoms with Crippen LogP contribution in [0.15, 0.2) is 28.7 Å². The molecule has 1 fully saturated rings. The third-order valence-corrected chi connectivity index (χ3v) is 3.86. The van der Waals surface area contributed by atoms with Gasteiger partial charge in [-0.15, -0.1) is 0 Å². The topological polar surface area (TPSA) is 9.23 Å². The van der Waals surface area contributed by atoms with Crippen molar-refractivity contribution in [2.45, 2.75) is 31.3 Å². The average molecular weight is 255 g/mol. The minimum absolute atomic E-state index is 0.0277. The largest absolute Gasteiger partial charge is 0.373 e. The van der Waals surface area contributed by atoms with E-state index in [-0.39, 0.29) is 5.60 Å². The van der Waals surface area contributed by atoms with Crippen molar-refractivity contribution >= 4 is 15.9 Å². The van der Waals surface area contributed by atoms with Gasteiger partial charge < -0.3 is 4.74 Å². The van der Waals surface area contributed by atoms with Crippen molar-refractivity contribution in [2.24, 2.45) is 0 Å². The molecule has 1 nitrogen and oxygen atoms in total. The van der Waals surface area contributed by atoms with E-state index in [0.29, 0.717) is 0 Å². The molecule has 0 spiro atoms. The summed E-state index contributed by atoms with van der Waals surface area (Å²) in [5.41, 5.74) is 1.28. The van der Waals surface area contributed by atoms with E-state index in [9.17, 15) is 0 Å². The van der Waals surface area contributed by atoms with Gasteiger partial charge in [-0.3, -0.25) is 0 Å². The molecule has 1 aromatic rings. The number of rotatable bonds is 2. The van der Waals surface area contributed by atoms with Crippen LogP contribution in [0.5, 0.6) is 0 Å². The normalized spacial score (nSPS) is 19.9. The molecule has 1 saturated carbocycles. The number of ether oxygens (including phenoxy) is 1.